The number of hydrogen-bond acceptors (Lipinski definition) is 2. The van der Waals surface area contributed by atoms with E-state index in [0.717, 1.165) is 5.33 Å². The monoisotopic (exact) mass is 319 g/mol. The molecule has 0 fully saturated rings. The summed E-state index contributed by atoms with van der Waals surface area (Å²) in [5.41, 5.74) is 0. The number of halogens is 2. The van der Waals surface area contributed by atoms with Crippen molar-refractivity contribution in [1.82, 2.24) is 4.90 Å². The molecule has 0 saturated carbocycles. The van der Waals surface area contributed by atoms with E-state index < -0.39 is 6.10 Å². The van der Waals surface area contributed by atoms with Crippen molar-refractivity contribution >= 4 is 33.4 Å². The number of likely N-dealkylation sites (N-methyl/N-ethyl adjacent to an activating group) is 1. The number of carbonyl (C=O) groups is 1. The standard InChI is InChI=1S/C12H15BrClNO2/c1-9(12(16)15(2)7-6-13)17-11-5-3-4-10(14)8-11/h3-5,8-9H,6-7H2,1-2H3. The first-order valence-electron chi connectivity index (χ1n) is 5.27. The molecule has 0 aromatic heterocycles. The Labute approximate surface area is 115 Å². The molecule has 0 saturated heterocycles. The summed E-state index contributed by atoms with van der Waals surface area (Å²) in [6.45, 7) is 2.38. The molecule has 0 aliphatic carbocycles. The number of rotatable bonds is 5. The maximum Gasteiger partial charge on any atom is 0.263 e. The van der Waals surface area contributed by atoms with Gasteiger partial charge in [-0.15, -0.1) is 0 Å². The molecule has 0 radical (unpaired) electrons. The van der Waals surface area contributed by atoms with Gasteiger partial charge in [0.2, 0.25) is 0 Å². The van der Waals surface area contributed by atoms with Crippen LogP contribution in [-0.2, 0) is 4.79 Å². The second kappa shape index (κ2) is 6.87. The quantitative estimate of drug-likeness (QED) is 0.781. The van der Waals surface area contributed by atoms with E-state index in [1.54, 1.807) is 43.1 Å². The Balaban J connectivity index is 2.59. The first kappa shape index (κ1) is 14.3. The molecule has 0 bridgehead atoms. The average molecular weight is 321 g/mol. The summed E-state index contributed by atoms with van der Waals surface area (Å²) in [6.07, 6.45) is -0.516. The molecule has 0 aliphatic rings. The third-order valence-corrected chi connectivity index (χ3v) is 2.84. The van der Waals surface area contributed by atoms with E-state index in [1.807, 2.05) is 0 Å². The molecule has 1 atom stereocenters. The minimum absolute atomic E-state index is 0.0515. The number of benzene rings is 1. The van der Waals surface area contributed by atoms with Crippen LogP contribution >= 0.6 is 27.5 Å². The predicted octanol–water partition coefficient (Wildman–Crippen LogP) is 2.96. The second-order valence-electron chi connectivity index (χ2n) is 3.67. The van der Waals surface area contributed by atoms with Gasteiger partial charge in [0.1, 0.15) is 5.75 Å². The summed E-state index contributed by atoms with van der Waals surface area (Å²) in [6, 6.07) is 7.02. The maximum absolute atomic E-state index is 11.9. The molecule has 1 amide bonds. The predicted molar refractivity (Wildman–Crippen MR) is 73.0 cm³/mol. The van der Waals surface area contributed by atoms with Gasteiger partial charge in [0.05, 0.1) is 0 Å². The third-order valence-electron chi connectivity index (χ3n) is 2.25. The molecule has 1 unspecified atom stereocenters. The highest BCUT2D eigenvalue weighted by molar-refractivity contribution is 9.09. The molecule has 0 spiro atoms. The molecule has 94 valence electrons. The molecule has 0 heterocycles. The zero-order valence-corrected chi connectivity index (χ0v) is 12.2. The van der Waals surface area contributed by atoms with Gasteiger partial charge in [0, 0.05) is 23.9 Å². The Morgan fingerprint density at radius 1 is 1.59 bits per heavy atom. The van der Waals surface area contributed by atoms with Gasteiger partial charge >= 0.3 is 0 Å². The Morgan fingerprint density at radius 3 is 2.88 bits per heavy atom. The van der Waals surface area contributed by atoms with Crippen LogP contribution in [0.1, 0.15) is 6.92 Å². The highest BCUT2D eigenvalue weighted by Gasteiger charge is 2.18. The lowest BCUT2D eigenvalue weighted by molar-refractivity contribution is -0.136. The molecule has 17 heavy (non-hydrogen) atoms. The Hall–Kier alpha value is -0.740. The third kappa shape index (κ3) is 4.56. The smallest absolute Gasteiger partial charge is 0.263 e. The van der Waals surface area contributed by atoms with Gasteiger partial charge in [-0.2, -0.15) is 0 Å². The van der Waals surface area contributed by atoms with Crippen LogP contribution in [0.2, 0.25) is 5.02 Å². The molecule has 3 nitrogen and oxygen atoms in total. The highest BCUT2D eigenvalue weighted by atomic mass is 79.9. The zero-order valence-electron chi connectivity index (χ0n) is 9.82. The van der Waals surface area contributed by atoms with Crippen LogP contribution in [0.4, 0.5) is 0 Å². The number of ether oxygens (including phenoxy) is 1. The van der Waals surface area contributed by atoms with Crippen molar-refractivity contribution in [3.8, 4) is 5.75 Å². The minimum atomic E-state index is -0.516. The molecule has 0 aliphatic heterocycles. The van der Waals surface area contributed by atoms with E-state index in [1.165, 1.54) is 0 Å². The topological polar surface area (TPSA) is 29.5 Å². The van der Waals surface area contributed by atoms with Crippen molar-refractivity contribution in [2.75, 3.05) is 18.9 Å². The van der Waals surface area contributed by atoms with Crippen LogP contribution < -0.4 is 4.74 Å². The summed E-state index contributed by atoms with van der Waals surface area (Å²) in [4.78, 5) is 13.5. The molecule has 5 heteroatoms. The fourth-order valence-corrected chi connectivity index (χ4v) is 2.05. The molecule has 0 N–H and O–H groups in total. The lowest BCUT2D eigenvalue weighted by Gasteiger charge is -2.21. The minimum Gasteiger partial charge on any atom is -0.481 e. The molecular formula is C12H15BrClNO2. The van der Waals surface area contributed by atoms with Crippen LogP contribution in [0.5, 0.6) is 5.75 Å². The van der Waals surface area contributed by atoms with Crippen LogP contribution in [0, 0.1) is 0 Å². The van der Waals surface area contributed by atoms with Gasteiger partial charge in [0.25, 0.3) is 5.91 Å². The Morgan fingerprint density at radius 2 is 2.29 bits per heavy atom. The fourth-order valence-electron chi connectivity index (χ4n) is 1.34. The lowest BCUT2D eigenvalue weighted by atomic mass is 10.3. The van der Waals surface area contributed by atoms with Crippen LogP contribution in [-0.4, -0.2) is 35.8 Å². The second-order valence-corrected chi connectivity index (χ2v) is 4.90. The van der Waals surface area contributed by atoms with E-state index in [0.29, 0.717) is 17.3 Å². The van der Waals surface area contributed by atoms with Gasteiger partial charge in [-0.25, -0.2) is 0 Å². The fraction of sp³-hybridized carbons (Fsp3) is 0.417. The van der Waals surface area contributed by atoms with Gasteiger partial charge in [-0.3, -0.25) is 4.79 Å². The summed E-state index contributed by atoms with van der Waals surface area (Å²) in [7, 11) is 1.75. The van der Waals surface area contributed by atoms with Gasteiger partial charge in [-0.05, 0) is 25.1 Å². The molecule has 1 aromatic rings. The lowest BCUT2D eigenvalue weighted by Crippen LogP contribution is -2.38. The van der Waals surface area contributed by atoms with Crippen LogP contribution in [0.3, 0.4) is 0 Å². The highest BCUT2D eigenvalue weighted by Crippen LogP contribution is 2.18. The number of hydrogen-bond donors (Lipinski definition) is 0. The van der Waals surface area contributed by atoms with Crippen molar-refractivity contribution in [2.45, 2.75) is 13.0 Å². The van der Waals surface area contributed by atoms with Crippen molar-refractivity contribution in [1.29, 1.82) is 0 Å². The van der Waals surface area contributed by atoms with E-state index in [9.17, 15) is 4.79 Å². The largest absolute Gasteiger partial charge is 0.481 e. The number of alkyl halides is 1. The van der Waals surface area contributed by atoms with E-state index >= 15 is 0 Å². The summed E-state index contributed by atoms with van der Waals surface area (Å²) >= 11 is 9.13. The maximum atomic E-state index is 11.9. The first-order chi connectivity index (χ1) is 8.04. The van der Waals surface area contributed by atoms with Crippen molar-refractivity contribution in [3.05, 3.63) is 29.3 Å². The van der Waals surface area contributed by atoms with Gasteiger partial charge < -0.3 is 9.64 Å². The first-order valence-corrected chi connectivity index (χ1v) is 6.77. The van der Waals surface area contributed by atoms with Crippen LogP contribution in [0.15, 0.2) is 24.3 Å². The molecular weight excluding hydrogens is 305 g/mol. The molecule has 1 rings (SSSR count). The number of amides is 1. The molecule has 1 aromatic carbocycles. The van der Waals surface area contributed by atoms with Crippen molar-refractivity contribution < 1.29 is 9.53 Å². The summed E-state index contributed by atoms with van der Waals surface area (Å²) < 4.78 is 5.53. The SMILES string of the molecule is CC(Oc1cccc(Cl)c1)C(=O)N(C)CCBr. The van der Waals surface area contributed by atoms with Gasteiger partial charge in [0.15, 0.2) is 6.10 Å². The average Bonchev–Trinajstić information content (AvgIpc) is 2.28. The van der Waals surface area contributed by atoms with E-state index in [-0.39, 0.29) is 5.91 Å². The van der Waals surface area contributed by atoms with Crippen molar-refractivity contribution in [3.63, 3.8) is 0 Å². The van der Waals surface area contributed by atoms with Crippen LogP contribution in [0.25, 0.3) is 0 Å². The Kier molecular flexibility index (Phi) is 5.78. The van der Waals surface area contributed by atoms with E-state index in [2.05, 4.69) is 15.9 Å². The zero-order chi connectivity index (χ0) is 12.8. The summed E-state index contributed by atoms with van der Waals surface area (Å²) in [5, 5.41) is 1.34. The van der Waals surface area contributed by atoms with Crippen molar-refractivity contribution in [2.24, 2.45) is 0 Å². The normalized spacial score (nSPS) is 12.0. The Bertz CT molecular complexity index is 387. The summed E-state index contributed by atoms with van der Waals surface area (Å²) in [5.74, 6) is 0.551. The number of carbonyl (C=O) groups excluding carboxylic acids is 1. The number of nitrogens with zero attached hydrogens (tertiary/aromatic N) is 1. The van der Waals surface area contributed by atoms with Gasteiger partial charge in [-0.1, -0.05) is 33.6 Å². The van der Waals surface area contributed by atoms with E-state index in [4.69, 9.17) is 16.3 Å².